The fraction of sp³-hybridized carbons (Fsp3) is 0.0714. The van der Waals surface area contributed by atoms with Gasteiger partial charge >= 0.3 is 116 Å². The molecular weight excluding hydrogens is 313 g/mol. The zero-order chi connectivity index (χ0) is 12.7. The Bertz CT molecular complexity index is 768. The molecule has 2 aromatic carbocycles. The number of para-hydroxylation sites is 1. The van der Waals surface area contributed by atoms with E-state index in [-0.39, 0.29) is 20.3 Å². The van der Waals surface area contributed by atoms with Crippen molar-refractivity contribution in [2.45, 2.75) is 6.92 Å². The second-order valence-electron chi connectivity index (χ2n) is 4.09. The topological polar surface area (TPSA) is 22.0 Å². The first kappa shape index (κ1) is 11.8. The third-order valence-electron chi connectivity index (χ3n) is 2.88. The van der Waals surface area contributed by atoms with Gasteiger partial charge in [0.2, 0.25) is 0 Å². The van der Waals surface area contributed by atoms with Crippen LogP contribution in [0.3, 0.4) is 0 Å². The van der Waals surface area contributed by atoms with Crippen molar-refractivity contribution in [1.29, 1.82) is 0 Å². The first-order valence-electron chi connectivity index (χ1n) is 5.55. The SMILES string of the molecule is Cc1cccc(Cl)c1-n1[se]c2ccccc2c1=O. The van der Waals surface area contributed by atoms with Crippen LogP contribution in [0.2, 0.25) is 5.02 Å². The van der Waals surface area contributed by atoms with E-state index in [0.717, 1.165) is 20.9 Å². The van der Waals surface area contributed by atoms with Crippen LogP contribution in [0.15, 0.2) is 47.3 Å². The summed E-state index contributed by atoms with van der Waals surface area (Å²) in [7, 11) is 0. The van der Waals surface area contributed by atoms with E-state index in [1.54, 1.807) is 0 Å². The molecular formula is C14H10ClNOSe. The van der Waals surface area contributed by atoms with Gasteiger partial charge in [0.05, 0.1) is 0 Å². The quantitative estimate of drug-likeness (QED) is 0.631. The fourth-order valence-electron chi connectivity index (χ4n) is 2.00. The van der Waals surface area contributed by atoms with Gasteiger partial charge in [-0.3, -0.25) is 0 Å². The molecule has 0 aliphatic rings. The second-order valence-corrected chi connectivity index (χ2v) is 6.57. The van der Waals surface area contributed by atoms with Crippen molar-refractivity contribution in [3.63, 3.8) is 0 Å². The maximum absolute atomic E-state index is 12.4. The van der Waals surface area contributed by atoms with E-state index in [9.17, 15) is 4.79 Å². The summed E-state index contributed by atoms with van der Waals surface area (Å²) in [6.45, 7) is 1.98. The molecule has 18 heavy (non-hydrogen) atoms. The number of aromatic nitrogens is 1. The van der Waals surface area contributed by atoms with Crippen LogP contribution in [0.4, 0.5) is 0 Å². The molecule has 90 valence electrons. The van der Waals surface area contributed by atoms with E-state index < -0.39 is 0 Å². The van der Waals surface area contributed by atoms with Crippen molar-refractivity contribution in [1.82, 2.24) is 3.56 Å². The van der Waals surface area contributed by atoms with Crippen LogP contribution in [0.1, 0.15) is 5.56 Å². The molecule has 0 saturated heterocycles. The van der Waals surface area contributed by atoms with E-state index in [4.69, 9.17) is 11.6 Å². The van der Waals surface area contributed by atoms with Gasteiger partial charge in [0.15, 0.2) is 0 Å². The monoisotopic (exact) mass is 323 g/mol. The van der Waals surface area contributed by atoms with E-state index in [0.29, 0.717) is 5.02 Å². The average molecular weight is 323 g/mol. The molecule has 0 fully saturated rings. The summed E-state index contributed by atoms with van der Waals surface area (Å²) in [5, 5.41) is 1.44. The Morgan fingerprint density at radius 1 is 1.11 bits per heavy atom. The molecule has 4 heteroatoms. The first-order valence-corrected chi connectivity index (χ1v) is 7.55. The van der Waals surface area contributed by atoms with Gasteiger partial charge in [0, 0.05) is 0 Å². The number of aryl methyl sites for hydroxylation is 1. The molecule has 0 bridgehead atoms. The number of rotatable bonds is 1. The van der Waals surface area contributed by atoms with Gasteiger partial charge in [-0.2, -0.15) is 0 Å². The molecule has 0 spiro atoms. The minimum absolute atomic E-state index is 0.0244. The summed E-state index contributed by atoms with van der Waals surface area (Å²) >= 11 is 6.21. The van der Waals surface area contributed by atoms with Crippen molar-refractivity contribution in [3.8, 4) is 5.69 Å². The van der Waals surface area contributed by atoms with E-state index >= 15 is 0 Å². The Hall–Kier alpha value is -1.28. The van der Waals surface area contributed by atoms with Crippen molar-refractivity contribution < 1.29 is 0 Å². The van der Waals surface area contributed by atoms with Crippen molar-refractivity contribution in [3.05, 3.63) is 63.4 Å². The van der Waals surface area contributed by atoms with Gasteiger partial charge in [-0.05, 0) is 0 Å². The standard InChI is InChI=1S/C14H10ClNOSe/c1-9-5-4-7-11(15)13(9)16-14(17)10-6-2-3-8-12(10)18-16/h2-8H,1H3. The Morgan fingerprint density at radius 2 is 1.89 bits per heavy atom. The number of hydrogen-bond acceptors (Lipinski definition) is 1. The van der Waals surface area contributed by atoms with Crippen LogP contribution in [-0.4, -0.2) is 18.3 Å². The first-order chi connectivity index (χ1) is 8.68. The van der Waals surface area contributed by atoms with Crippen LogP contribution in [-0.2, 0) is 0 Å². The van der Waals surface area contributed by atoms with Crippen LogP contribution >= 0.6 is 11.6 Å². The molecule has 1 heterocycles. The number of hydrogen-bond donors (Lipinski definition) is 0. The number of halogens is 1. The van der Waals surface area contributed by atoms with E-state index in [1.165, 1.54) is 0 Å². The molecule has 0 aliphatic heterocycles. The van der Waals surface area contributed by atoms with Crippen LogP contribution in [0.25, 0.3) is 15.3 Å². The zero-order valence-corrected chi connectivity index (χ0v) is 12.2. The number of benzene rings is 2. The van der Waals surface area contributed by atoms with Gasteiger partial charge in [-0.25, -0.2) is 0 Å². The van der Waals surface area contributed by atoms with Crippen LogP contribution in [0, 0.1) is 6.92 Å². The fourth-order valence-corrected chi connectivity index (χ4v) is 4.74. The molecule has 0 saturated carbocycles. The predicted octanol–water partition coefficient (Wildman–Crippen LogP) is 3.01. The van der Waals surface area contributed by atoms with Gasteiger partial charge in [0.25, 0.3) is 0 Å². The average Bonchev–Trinajstić information content (AvgIpc) is 2.68. The number of fused-ring (bicyclic) bond motifs is 1. The van der Waals surface area contributed by atoms with Crippen molar-refractivity contribution >= 4 is 36.0 Å². The maximum atomic E-state index is 12.4. The minimum atomic E-state index is -0.0244. The zero-order valence-electron chi connectivity index (χ0n) is 9.68. The van der Waals surface area contributed by atoms with E-state index in [1.807, 2.05) is 53.0 Å². The predicted molar refractivity (Wildman–Crippen MR) is 76.2 cm³/mol. The van der Waals surface area contributed by atoms with Gasteiger partial charge in [-0.1, -0.05) is 0 Å². The summed E-state index contributed by atoms with van der Waals surface area (Å²) in [6.07, 6.45) is 0. The molecule has 3 rings (SSSR count). The summed E-state index contributed by atoms with van der Waals surface area (Å²) in [4.78, 5) is 12.4. The van der Waals surface area contributed by atoms with Gasteiger partial charge < -0.3 is 0 Å². The molecule has 0 radical (unpaired) electrons. The normalized spacial score (nSPS) is 11.0. The molecule has 0 amide bonds. The summed E-state index contributed by atoms with van der Waals surface area (Å²) < 4.78 is 2.93. The summed E-state index contributed by atoms with van der Waals surface area (Å²) in [5.74, 6) is 0. The van der Waals surface area contributed by atoms with Crippen molar-refractivity contribution in [2.75, 3.05) is 0 Å². The molecule has 2 nitrogen and oxygen atoms in total. The molecule has 0 unspecified atom stereocenters. The molecule has 0 atom stereocenters. The molecule has 0 N–H and O–H groups in total. The Labute approximate surface area is 115 Å². The summed E-state index contributed by atoms with van der Waals surface area (Å²) in [6, 6.07) is 13.5. The van der Waals surface area contributed by atoms with Crippen LogP contribution in [0.5, 0.6) is 0 Å². The second kappa shape index (κ2) is 4.43. The number of nitrogens with zero attached hydrogens (tertiary/aromatic N) is 1. The summed E-state index contributed by atoms with van der Waals surface area (Å²) in [5.41, 5.74) is 1.94. The van der Waals surface area contributed by atoms with Gasteiger partial charge in [-0.15, -0.1) is 0 Å². The molecule has 0 aliphatic carbocycles. The Kier molecular flexibility index (Phi) is 2.90. The third kappa shape index (κ3) is 1.76. The Morgan fingerprint density at radius 3 is 2.61 bits per heavy atom. The van der Waals surface area contributed by atoms with E-state index in [2.05, 4.69) is 0 Å². The van der Waals surface area contributed by atoms with Gasteiger partial charge in [0.1, 0.15) is 0 Å². The van der Waals surface area contributed by atoms with Crippen LogP contribution < -0.4 is 5.56 Å². The Balaban J connectivity index is 2.39. The molecule has 3 aromatic rings. The molecule has 1 aromatic heterocycles. The van der Waals surface area contributed by atoms with Crippen molar-refractivity contribution in [2.24, 2.45) is 0 Å². The third-order valence-corrected chi connectivity index (χ3v) is 5.46.